The van der Waals surface area contributed by atoms with E-state index < -0.39 is 18.0 Å². The smallest absolute Gasteiger partial charge is 0.321 e. The number of amides is 3. The van der Waals surface area contributed by atoms with Gasteiger partial charge in [0.2, 0.25) is 0 Å². The zero-order valence-corrected chi connectivity index (χ0v) is 11.8. The molecule has 0 saturated heterocycles. The van der Waals surface area contributed by atoms with E-state index in [0.717, 1.165) is 11.1 Å². The Morgan fingerprint density at radius 3 is 2.52 bits per heavy atom. The molecular weight excluding hydrogens is 270 g/mol. The lowest BCUT2D eigenvalue weighted by Crippen LogP contribution is -2.40. The zero-order chi connectivity index (χ0) is 15.4. The molecule has 1 aromatic heterocycles. The first-order valence-electron chi connectivity index (χ1n) is 6.44. The molecule has 21 heavy (non-hydrogen) atoms. The van der Waals surface area contributed by atoms with Crippen molar-refractivity contribution in [3.05, 3.63) is 36.7 Å². The Hall–Kier alpha value is -2.83. The molecule has 110 valence electrons. The summed E-state index contributed by atoms with van der Waals surface area (Å²) in [4.78, 5) is 23.0. The van der Waals surface area contributed by atoms with Crippen molar-refractivity contribution in [2.24, 2.45) is 0 Å². The molecule has 2 rings (SSSR count). The Bertz CT molecular complexity index is 648. The molecule has 0 fully saturated rings. The summed E-state index contributed by atoms with van der Waals surface area (Å²) in [6.07, 6.45) is 3.41. The number of hydrogen-bond donors (Lipinski definition) is 3. The van der Waals surface area contributed by atoms with E-state index in [1.54, 1.807) is 31.5 Å². The van der Waals surface area contributed by atoms with E-state index in [9.17, 15) is 9.59 Å². The van der Waals surface area contributed by atoms with Crippen LogP contribution in [0.4, 0.5) is 10.5 Å². The van der Waals surface area contributed by atoms with Crippen LogP contribution in [0.1, 0.15) is 13.0 Å². The molecule has 4 N–H and O–H groups in total. The number of hydrogen-bond acceptors (Lipinski definition) is 4. The Balaban J connectivity index is 2.13. The molecule has 7 nitrogen and oxygen atoms in total. The lowest BCUT2D eigenvalue weighted by Gasteiger charge is -2.11. The van der Waals surface area contributed by atoms with Crippen molar-refractivity contribution in [1.82, 2.24) is 20.4 Å². The van der Waals surface area contributed by atoms with Crippen molar-refractivity contribution in [3.8, 4) is 11.1 Å². The number of imide groups is 1. The van der Waals surface area contributed by atoms with Crippen LogP contribution in [0.15, 0.2) is 36.7 Å². The fourth-order valence-corrected chi connectivity index (χ4v) is 1.77. The SMILES string of the molecule is CNC(=O)NC(=O)C(C)n1cc(-c2ccc(N)cc2)cn1. The minimum Gasteiger partial charge on any atom is -0.399 e. The maximum Gasteiger partial charge on any atom is 0.321 e. The van der Waals surface area contributed by atoms with Gasteiger partial charge in [-0.05, 0) is 24.6 Å². The van der Waals surface area contributed by atoms with E-state index in [0.29, 0.717) is 5.69 Å². The fourth-order valence-electron chi connectivity index (χ4n) is 1.77. The summed E-state index contributed by atoms with van der Waals surface area (Å²) in [7, 11) is 1.44. The number of nitrogens with zero attached hydrogens (tertiary/aromatic N) is 2. The standard InChI is InChI=1S/C14H17N5O2/c1-9(13(20)18-14(21)16-2)19-8-11(7-17-19)10-3-5-12(15)6-4-10/h3-9H,15H2,1-2H3,(H2,16,18,20,21). The van der Waals surface area contributed by atoms with Gasteiger partial charge in [-0.1, -0.05) is 12.1 Å². The molecule has 0 spiro atoms. The molecule has 2 aromatic rings. The Labute approximate surface area is 122 Å². The van der Waals surface area contributed by atoms with E-state index in [1.807, 2.05) is 12.1 Å². The van der Waals surface area contributed by atoms with Gasteiger partial charge in [0.15, 0.2) is 0 Å². The third-order valence-electron chi connectivity index (χ3n) is 3.09. The summed E-state index contributed by atoms with van der Waals surface area (Å²) >= 11 is 0. The maximum absolute atomic E-state index is 11.9. The second kappa shape index (κ2) is 6.08. The average molecular weight is 287 g/mol. The van der Waals surface area contributed by atoms with Crippen LogP contribution in [0.2, 0.25) is 0 Å². The Kier molecular flexibility index (Phi) is 4.22. The van der Waals surface area contributed by atoms with Crippen LogP contribution in [0.5, 0.6) is 0 Å². The van der Waals surface area contributed by atoms with Crippen LogP contribution in [0.3, 0.4) is 0 Å². The van der Waals surface area contributed by atoms with Crippen molar-refractivity contribution >= 4 is 17.6 Å². The molecule has 1 heterocycles. The van der Waals surface area contributed by atoms with Gasteiger partial charge in [0.1, 0.15) is 6.04 Å². The van der Waals surface area contributed by atoms with Crippen molar-refractivity contribution < 1.29 is 9.59 Å². The number of benzene rings is 1. The highest BCUT2D eigenvalue weighted by Gasteiger charge is 2.18. The highest BCUT2D eigenvalue weighted by atomic mass is 16.2. The molecule has 0 radical (unpaired) electrons. The Morgan fingerprint density at radius 2 is 1.90 bits per heavy atom. The van der Waals surface area contributed by atoms with Crippen molar-refractivity contribution in [2.75, 3.05) is 12.8 Å². The van der Waals surface area contributed by atoms with Gasteiger partial charge >= 0.3 is 6.03 Å². The number of nitrogens with one attached hydrogen (secondary N) is 2. The summed E-state index contributed by atoms with van der Waals surface area (Å²) in [5, 5.41) is 8.71. The number of urea groups is 1. The average Bonchev–Trinajstić information content (AvgIpc) is 2.96. The number of aromatic nitrogens is 2. The fraction of sp³-hybridized carbons (Fsp3) is 0.214. The predicted molar refractivity (Wildman–Crippen MR) is 79.4 cm³/mol. The van der Waals surface area contributed by atoms with Gasteiger partial charge in [-0.2, -0.15) is 5.10 Å². The van der Waals surface area contributed by atoms with Crippen LogP contribution in [-0.4, -0.2) is 28.8 Å². The van der Waals surface area contributed by atoms with E-state index in [-0.39, 0.29) is 0 Å². The number of nitrogen functional groups attached to an aromatic ring is 1. The summed E-state index contributed by atoms with van der Waals surface area (Å²) in [6, 6.07) is 6.23. The third kappa shape index (κ3) is 3.38. The topological polar surface area (TPSA) is 102 Å². The molecular formula is C14H17N5O2. The number of nitrogens with two attached hydrogens (primary N) is 1. The van der Waals surface area contributed by atoms with Crippen molar-refractivity contribution in [1.29, 1.82) is 0 Å². The van der Waals surface area contributed by atoms with Crippen LogP contribution in [0, 0.1) is 0 Å². The quantitative estimate of drug-likeness (QED) is 0.737. The van der Waals surface area contributed by atoms with Crippen LogP contribution < -0.4 is 16.4 Å². The molecule has 1 unspecified atom stereocenters. The summed E-state index contributed by atoms with van der Waals surface area (Å²) in [5.41, 5.74) is 8.15. The number of rotatable bonds is 3. The number of carbonyl (C=O) groups is 2. The van der Waals surface area contributed by atoms with Gasteiger partial charge in [-0.25, -0.2) is 4.79 Å². The van der Waals surface area contributed by atoms with E-state index in [2.05, 4.69) is 15.7 Å². The second-order valence-corrected chi connectivity index (χ2v) is 4.58. The van der Waals surface area contributed by atoms with E-state index in [4.69, 9.17) is 5.73 Å². The highest BCUT2D eigenvalue weighted by Crippen LogP contribution is 2.21. The molecule has 0 aliphatic rings. The van der Waals surface area contributed by atoms with Crippen molar-refractivity contribution in [2.45, 2.75) is 13.0 Å². The van der Waals surface area contributed by atoms with Crippen LogP contribution in [-0.2, 0) is 4.79 Å². The Morgan fingerprint density at radius 1 is 1.24 bits per heavy atom. The third-order valence-corrected chi connectivity index (χ3v) is 3.09. The summed E-state index contributed by atoms with van der Waals surface area (Å²) in [6.45, 7) is 1.66. The molecule has 3 amide bonds. The zero-order valence-electron chi connectivity index (χ0n) is 11.8. The number of carbonyl (C=O) groups excluding carboxylic acids is 2. The maximum atomic E-state index is 11.9. The largest absolute Gasteiger partial charge is 0.399 e. The molecule has 0 aliphatic heterocycles. The normalized spacial score (nSPS) is 11.7. The first kappa shape index (κ1) is 14.6. The molecule has 1 aromatic carbocycles. The van der Waals surface area contributed by atoms with Gasteiger partial charge in [0, 0.05) is 24.5 Å². The van der Waals surface area contributed by atoms with Gasteiger partial charge in [-0.15, -0.1) is 0 Å². The lowest BCUT2D eigenvalue weighted by molar-refractivity contribution is -0.123. The number of anilines is 1. The van der Waals surface area contributed by atoms with Crippen LogP contribution in [0.25, 0.3) is 11.1 Å². The minimum atomic E-state index is -0.593. The monoisotopic (exact) mass is 287 g/mol. The lowest BCUT2D eigenvalue weighted by atomic mass is 10.1. The predicted octanol–water partition coefficient (Wildman–Crippen LogP) is 1.15. The molecule has 0 bridgehead atoms. The summed E-state index contributed by atoms with van der Waals surface area (Å²) < 4.78 is 1.50. The molecule has 1 atom stereocenters. The second-order valence-electron chi connectivity index (χ2n) is 4.58. The molecule has 7 heteroatoms. The first-order valence-corrected chi connectivity index (χ1v) is 6.44. The van der Waals surface area contributed by atoms with E-state index in [1.165, 1.54) is 11.7 Å². The van der Waals surface area contributed by atoms with Gasteiger partial charge < -0.3 is 11.1 Å². The molecule has 0 saturated carbocycles. The van der Waals surface area contributed by atoms with Gasteiger partial charge in [0.05, 0.1) is 6.20 Å². The van der Waals surface area contributed by atoms with Gasteiger partial charge in [-0.3, -0.25) is 14.8 Å². The van der Waals surface area contributed by atoms with Crippen LogP contribution >= 0.6 is 0 Å². The van der Waals surface area contributed by atoms with Gasteiger partial charge in [0.25, 0.3) is 5.91 Å². The van der Waals surface area contributed by atoms with Crippen molar-refractivity contribution in [3.63, 3.8) is 0 Å². The minimum absolute atomic E-state index is 0.429. The van der Waals surface area contributed by atoms with E-state index >= 15 is 0 Å². The highest BCUT2D eigenvalue weighted by molar-refractivity contribution is 5.95. The summed E-state index contributed by atoms with van der Waals surface area (Å²) in [5.74, 6) is -0.429. The molecule has 0 aliphatic carbocycles. The first-order chi connectivity index (χ1) is 10.0.